The summed E-state index contributed by atoms with van der Waals surface area (Å²) >= 11 is 1.65. The first-order valence-electron chi connectivity index (χ1n) is 5.75. The fraction of sp³-hybridized carbons (Fsp3) is 0.143. The standard InChI is InChI=1S/C14H14N2O2S/c1-19-13-7-5-11(6-8-13)16-14(17)18-10-12-4-2-3-9-15-12/h2-9H,10H2,1H3,(H,16,17). The molecule has 0 radical (unpaired) electrons. The molecule has 1 heterocycles. The molecule has 1 aromatic carbocycles. The number of amides is 1. The molecule has 0 aliphatic carbocycles. The molecule has 0 saturated carbocycles. The van der Waals surface area contributed by atoms with Crippen LogP contribution in [0.4, 0.5) is 10.5 Å². The largest absolute Gasteiger partial charge is 0.443 e. The molecule has 2 aromatic rings. The van der Waals surface area contributed by atoms with E-state index in [4.69, 9.17) is 4.74 Å². The van der Waals surface area contributed by atoms with Crippen LogP contribution in [0.5, 0.6) is 0 Å². The van der Waals surface area contributed by atoms with Gasteiger partial charge in [-0.25, -0.2) is 4.79 Å². The normalized spacial score (nSPS) is 9.95. The van der Waals surface area contributed by atoms with Crippen LogP contribution in [0.3, 0.4) is 0 Å². The number of hydrogen-bond acceptors (Lipinski definition) is 4. The smallest absolute Gasteiger partial charge is 0.412 e. The van der Waals surface area contributed by atoms with E-state index in [1.807, 2.05) is 42.7 Å². The second-order valence-corrected chi connectivity index (χ2v) is 4.63. The Morgan fingerprint density at radius 3 is 2.68 bits per heavy atom. The van der Waals surface area contributed by atoms with Crippen molar-refractivity contribution < 1.29 is 9.53 Å². The minimum absolute atomic E-state index is 0.162. The van der Waals surface area contributed by atoms with Gasteiger partial charge in [0.05, 0.1) is 5.69 Å². The van der Waals surface area contributed by atoms with E-state index >= 15 is 0 Å². The summed E-state index contributed by atoms with van der Waals surface area (Å²) < 4.78 is 5.07. The lowest BCUT2D eigenvalue weighted by atomic mass is 10.3. The lowest BCUT2D eigenvalue weighted by Crippen LogP contribution is -2.13. The number of anilines is 1. The van der Waals surface area contributed by atoms with E-state index in [0.717, 1.165) is 10.6 Å². The van der Waals surface area contributed by atoms with Crippen LogP contribution in [0.1, 0.15) is 5.69 Å². The van der Waals surface area contributed by atoms with Gasteiger partial charge >= 0.3 is 6.09 Å². The highest BCUT2D eigenvalue weighted by Crippen LogP contribution is 2.17. The van der Waals surface area contributed by atoms with Crippen LogP contribution in [-0.2, 0) is 11.3 Å². The molecule has 0 fully saturated rings. The number of thioether (sulfide) groups is 1. The summed E-state index contributed by atoms with van der Waals surface area (Å²) in [5.41, 5.74) is 1.43. The van der Waals surface area contributed by atoms with Crippen LogP contribution in [0, 0.1) is 0 Å². The van der Waals surface area contributed by atoms with Gasteiger partial charge in [-0.15, -0.1) is 11.8 Å². The van der Waals surface area contributed by atoms with Crippen LogP contribution >= 0.6 is 11.8 Å². The third-order valence-electron chi connectivity index (χ3n) is 2.41. The van der Waals surface area contributed by atoms with Crippen molar-refractivity contribution >= 4 is 23.5 Å². The number of carbonyl (C=O) groups is 1. The van der Waals surface area contributed by atoms with Gasteiger partial charge < -0.3 is 4.74 Å². The number of nitrogens with one attached hydrogen (secondary N) is 1. The van der Waals surface area contributed by atoms with Gasteiger partial charge in [0, 0.05) is 16.8 Å². The number of pyridine rings is 1. The third-order valence-corrected chi connectivity index (χ3v) is 3.16. The van der Waals surface area contributed by atoms with Crippen LogP contribution in [-0.4, -0.2) is 17.3 Å². The van der Waals surface area contributed by atoms with Crippen molar-refractivity contribution in [3.05, 3.63) is 54.4 Å². The molecular formula is C14H14N2O2S. The maximum Gasteiger partial charge on any atom is 0.412 e. The fourth-order valence-corrected chi connectivity index (χ4v) is 1.86. The predicted molar refractivity (Wildman–Crippen MR) is 76.3 cm³/mol. The first-order valence-corrected chi connectivity index (χ1v) is 6.98. The van der Waals surface area contributed by atoms with Gasteiger partial charge in [0.1, 0.15) is 6.61 Å². The van der Waals surface area contributed by atoms with Gasteiger partial charge in [-0.1, -0.05) is 6.07 Å². The molecule has 0 aliphatic rings. The summed E-state index contributed by atoms with van der Waals surface area (Å²) in [4.78, 5) is 16.8. The number of carbonyl (C=O) groups excluding carboxylic acids is 1. The molecular weight excluding hydrogens is 260 g/mol. The Bertz CT molecular complexity index is 529. The predicted octanol–water partition coefficient (Wildman–Crippen LogP) is 3.55. The summed E-state index contributed by atoms with van der Waals surface area (Å²) in [5.74, 6) is 0. The zero-order valence-corrected chi connectivity index (χ0v) is 11.3. The van der Waals surface area contributed by atoms with Gasteiger partial charge in [-0.3, -0.25) is 10.3 Å². The summed E-state index contributed by atoms with van der Waals surface area (Å²) in [5, 5.41) is 2.67. The van der Waals surface area contributed by atoms with Gasteiger partial charge in [-0.05, 0) is 42.7 Å². The molecule has 0 aliphatic heterocycles. The van der Waals surface area contributed by atoms with E-state index in [1.54, 1.807) is 24.0 Å². The third kappa shape index (κ3) is 4.30. The average Bonchev–Trinajstić information content (AvgIpc) is 2.47. The lowest BCUT2D eigenvalue weighted by molar-refractivity contribution is 0.153. The molecule has 98 valence electrons. The Morgan fingerprint density at radius 1 is 1.26 bits per heavy atom. The van der Waals surface area contributed by atoms with E-state index in [1.165, 1.54) is 0 Å². The minimum Gasteiger partial charge on any atom is -0.443 e. The van der Waals surface area contributed by atoms with Crippen LogP contribution in [0.2, 0.25) is 0 Å². The van der Waals surface area contributed by atoms with Gasteiger partial charge in [0.15, 0.2) is 0 Å². The molecule has 0 saturated heterocycles. The van der Waals surface area contributed by atoms with Crippen molar-refractivity contribution in [3.63, 3.8) is 0 Å². The highest BCUT2D eigenvalue weighted by molar-refractivity contribution is 7.98. The maximum atomic E-state index is 11.6. The van der Waals surface area contributed by atoms with Crippen molar-refractivity contribution in [2.75, 3.05) is 11.6 Å². The molecule has 1 N–H and O–H groups in total. The summed E-state index contributed by atoms with van der Waals surface area (Å²) in [6.07, 6.45) is 3.18. The Balaban J connectivity index is 1.83. The van der Waals surface area contributed by atoms with Crippen LogP contribution < -0.4 is 5.32 Å². The molecule has 5 heteroatoms. The highest BCUT2D eigenvalue weighted by Gasteiger charge is 2.04. The van der Waals surface area contributed by atoms with Crippen molar-refractivity contribution in [2.24, 2.45) is 0 Å². The number of benzene rings is 1. The molecule has 1 amide bonds. The fourth-order valence-electron chi connectivity index (χ4n) is 1.45. The average molecular weight is 274 g/mol. The summed E-state index contributed by atoms with van der Waals surface area (Å²) in [6.45, 7) is 0.162. The first-order chi connectivity index (χ1) is 9.28. The Labute approximate surface area is 116 Å². The minimum atomic E-state index is -0.484. The van der Waals surface area contributed by atoms with Crippen LogP contribution in [0.25, 0.3) is 0 Å². The zero-order valence-electron chi connectivity index (χ0n) is 10.5. The second kappa shape index (κ2) is 6.80. The van der Waals surface area contributed by atoms with Crippen molar-refractivity contribution in [1.29, 1.82) is 0 Å². The molecule has 2 rings (SSSR count). The van der Waals surface area contributed by atoms with Gasteiger partial charge in [0.2, 0.25) is 0 Å². The Kier molecular flexibility index (Phi) is 4.80. The van der Waals surface area contributed by atoms with Crippen molar-refractivity contribution in [1.82, 2.24) is 4.98 Å². The first kappa shape index (κ1) is 13.4. The second-order valence-electron chi connectivity index (χ2n) is 3.75. The SMILES string of the molecule is CSc1ccc(NC(=O)OCc2ccccn2)cc1. The van der Waals surface area contributed by atoms with Gasteiger partial charge in [0.25, 0.3) is 0 Å². The Hall–Kier alpha value is -2.01. The number of aromatic nitrogens is 1. The van der Waals surface area contributed by atoms with E-state index in [0.29, 0.717) is 5.69 Å². The highest BCUT2D eigenvalue weighted by atomic mass is 32.2. The quantitative estimate of drug-likeness (QED) is 0.866. The Morgan fingerprint density at radius 2 is 2.05 bits per heavy atom. The molecule has 4 nitrogen and oxygen atoms in total. The van der Waals surface area contributed by atoms with E-state index < -0.39 is 6.09 Å². The molecule has 0 bridgehead atoms. The zero-order chi connectivity index (χ0) is 13.5. The summed E-state index contributed by atoms with van der Waals surface area (Å²) in [6, 6.07) is 13.0. The molecule has 19 heavy (non-hydrogen) atoms. The van der Waals surface area contributed by atoms with E-state index in [9.17, 15) is 4.79 Å². The van der Waals surface area contributed by atoms with E-state index in [2.05, 4.69) is 10.3 Å². The number of rotatable bonds is 4. The van der Waals surface area contributed by atoms with Gasteiger partial charge in [-0.2, -0.15) is 0 Å². The summed E-state index contributed by atoms with van der Waals surface area (Å²) in [7, 11) is 0. The van der Waals surface area contributed by atoms with Crippen molar-refractivity contribution in [2.45, 2.75) is 11.5 Å². The molecule has 0 spiro atoms. The number of nitrogens with zero attached hydrogens (tertiary/aromatic N) is 1. The molecule has 0 atom stereocenters. The molecule has 1 aromatic heterocycles. The lowest BCUT2D eigenvalue weighted by Gasteiger charge is -2.07. The molecule has 0 unspecified atom stereocenters. The van der Waals surface area contributed by atoms with E-state index in [-0.39, 0.29) is 6.61 Å². The number of hydrogen-bond donors (Lipinski definition) is 1. The van der Waals surface area contributed by atoms with Crippen LogP contribution in [0.15, 0.2) is 53.6 Å². The van der Waals surface area contributed by atoms with Crippen molar-refractivity contribution in [3.8, 4) is 0 Å². The monoisotopic (exact) mass is 274 g/mol. The topological polar surface area (TPSA) is 51.2 Å². The maximum absolute atomic E-state index is 11.6. The number of ether oxygens (including phenoxy) is 1.